The van der Waals surface area contributed by atoms with E-state index in [1.54, 1.807) is 17.0 Å². The average molecular weight is 350 g/mol. The number of carbonyl (C=O) groups is 1. The number of morpholine rings is 1. The smallest absolute Gasteiger partial charge is 0.323 e. The maximum atomic E-state index is 12.6. The zero-order valence-corrected chi connectivity index (χ0v) is 15.2. The predicted molar refractivity (Wildman–Crippen MR) is 91.7 cm³/mol. The van der Waals surface area contributed by atoms with E-state index >= 15 is 0 Å². The van der Waals surface area contributed by atoms with Crippen LogP contribution in [-0.4, -0.2) is 64.7 Å². The number of ether oxygens (including phenoxy) is 3. The van der Waals surface area contributed by atoms with Gasteiger partial charge in [-0.1, -0.05) is 0 Å². The summed E-state index contributed by atoms with van der Waals surface area (Å²) < 4.78 is 17.3. The first-order valence-corrected chi connectivity index (χ1v) is 8.74. The maximum absolute atomic E-state index is 12.6. The van der Waals surface area contributed by atoms with E-state index in [0.29, 0.717) is 31.4 Å². The van der Waals surface area contributed by atoms with Crippen LogP contribution in [0.25, 0.3) is 0 Å². The molecule has 0 radical (unpaired) electrons. The van der Waals surface area contributed by atoms with Crippen molar-refractivity contribution >= 4 is 11.8 Å². The van der Waals surface area contributed by atoms with Crippen molar-refractivity contribution in [2.75, 3.05) is 25.0 Å². The van der Waals surface area contributed by atoms with E-state index in [4.69, 9.17) is 14.2 Å². The number of hydrogen-bond acceptors (Lipinski definition) is 6. The van der Waals surface area contributed by atoms with Crippen molar-refractivity contribution in [1.82, 2.24) is 15.1 Å². The molecule has 1 spiro atoms. The lowest BCUT2D eigenvalue weighted by Gasteiger charge is -2.44. The van der Waals surface area contributed by atoms with Crippen molar-refractivity contribution in [3.63, 3.8) is 0 Å². The molecule has 1 aromatic rings. The van der Waals surface area contributed by atoms with Crippen LogP contribution in [0.3, 0.4) is 0 Å². The molecule has 2 amide bonds. The Hall–Kier alpha value is -1.93. The Bertz CT molecular complexity index is 609. The van der Waals surface area contributed by atoms with Crippen LogP contribution >= 0.6 is 0 Å². The zero-order chi connectivity index (χ0) is 18.0. The van der Waals surface area contributed by atoms with Crippen LogP contribution in [0.2, 0.25) is 0 Å². The first-order chi connectivity index (χ1) is 11.9. The third-order valence-corrected chi connectivity index (χ3v) is 4.52. The predicted octanol–water partition coefficient (Wildman–Crippen LogP) is 2.06. The fourth-order valence-corrected chi connectivity index (χ4v) is 3.33. The molecule has 0 aliphatic carbocycles. The van der Waals surface area contributed by atoms with Crippen LogP contribution in [0.15, 0.2) is 12.1 Å². The Balaban J connectivity index is 1.64. The van der Waals surface area contributed by atoms with Crippen LogP contribution in [0.5, 0.6) is 5.88 Å². The summed E-state index contributed by atoms with van der Waals surface area (Å²) in [7, 11) is 0. The Kier molecular flexibility index (Phi) is 5.10. The molecule has 8 nitrogen and oxygen atoms in total. The van der Waals surface area contributed by atoms with Gasteiger partial charge in [-0.3, -0.25) is 5.32 Å². The third-order valence-electron chi connectivity index (χ3n) is 4.52. The minimum absolute atomic E-state index is 0.0244. The third kappa shape index (κ3) is 4.01. The lowest BCUT2D eigenvalue weighted by atomic mass is 9.93. The average Bonchev–Trinajstić information content (AvgIpc) is 2.88. The van der Waals surface area contributed by atoms with Gasteiger partial charge in [0.25, 0.3) is 0 Å². The standard InChI is InChI=1S/C17H26N4O4/c1-11(2)24-15-6-5-14(19-20-15)18-16(22)21-9-12(3)25-17(10-21)7-8-23-13(17)4/h5-6,11-13H,7-10H2,1-4H3,(H,18,19,22). The summed E-state index contributed by atoms with van der Waals surface area (Å²) in [4.78, 5) is 14.4. The Morgan fingerprint density at radius 2 is 2.20 bits per heavy atom. The van der Waals surface area contributed by atoms with Crippen molar-refractivity contribution in [2.45, 2.75) is 58.0 Å². The monoisotopic (exact) mass is 350 g/mol. The molecule has 1 N–H and O–H groups in total. The molecule has 3 atom stereocenters. The summed E-state index contributed by atoms with van der Waals surface area (Å²) in [5.41, 5.74) is -0.421. The normalized spacial score (nSPS) is 29.2. The van der Waals surface area contributed by atoms with E-state index in [-0.39, 0.29) is 24.3 Å². The fraction of sp³-hybridized carbons (Fsp3) is 0.706. The van der Waals surface area contributed by atoms with Gasteiger partial charge in [-0.25, -0.2) is 4.79 Å². The molecule has 2 aliphatic rings. The number of carbonyl (C=O) groups excluding carboxylic acids is 1. The highest BCUT2D eigenvalue weighted by Crippen LogP contribution is 2.35. The fourth-order valence-electron chi connectivity index (χ4n) is 3.33. The topological polar surface area (TPSA) is 85.8 Å². The number of amides is 2. The Labute approximate surface area is 147 Å². The number of nitrogens with zero attached hydrogens (tertiary/aromatic N) is 3. The van der Waals surface area contributed by atoms with E-state index in [1.165, 1.54) is 0 Å². The second kappa shape index (κ2) is 7.13. The van der Waals surface area contributed by atoms with Gasteiger partial charge in [-0.2, -0.15) is 0 Å². The molecule has 138 valence electrons. The number of rotatable bonds is 3. The van der Waals surface area contributed by atoms with Gasteiger partial charge in [-0.15, -0.1) is 10.2 Å². The van der Waals surface area contributed by atoms with Gasteiger partial charge in [0, 0.05) is 25.6 Å². The van der Waals surface area contributed by atoms with Gasteiger partial charge in [0.2, 0.25) is 5.88 Å². The van der Waals surface area contributed by atoms with Crippen LogP contribution in [0.4, 0.5) is 10.6 Å². The van der Waals surface area contributed by atoms with Gasteiger partial charge in [-0.05, 0) is 33.8 Å². The molecule has 3 heterocycles. The Morgan fingerprint density at radius 1 is 1.40 bits per heavy atom. The van der Waals surface area contributed by atoms with E-state index in [1.807, 2.05) is 27.7 Å². The molecule has 2 aliphatic heterocycles. The number of nitrogens with one attached hydrogen (secondary N) is 1. The Morgan fingerprint density at radius 3 is 2.80 bits per heavy atom. The molecule has 3 unspecified atom stereocenters. The molecule has 0 bridgehead atoms. The van der Waals surface area contributed by atoms with Crippen molar-refractivity contribution in [3.8, 4) is 5.88 Å². The molecule has 2 saturated heterocycles. The molecule has 25 heavy (non-hydrogen) atoms. The molecule has 0 saturated carbocycles. The van der Waals surface area contributed by atoms with E-state index in [0.717, 1.165) is 6.42 Å². The summed E-state index contributed by atoms with van der Waals surface area (Å²) in [5.74, 6) is 0.828. The van der Waals surface area contributed by atoms with Crippen molar-refractivity contribution < 1.29 is 19.0 Å². The largest absolute Gasteiger partial charge is 0.474 e. The molecule has 1 aromatic heterocycles. The van der Waals surface area contributed by atoms with E-state index in [2.05, 4.69) is 15.5 Å². The highest BCUT2D eigenvalue weighted by molar-refractivity contribution is 5.88. The molecule has 3 rings (SSSR count). The number of aromatic nitrogens is 2. The summed E-state index contributed by atoms with van der Waals surface area (Å²) in [5, 5.41) is 10.8. The summed E-state index contributed by atoms with van der Waals surface area (Å²) in [6.07, 6.45) is 0.745. The number of urea groups is 1. The van der Waals surface area contributed by atoms with E-state index < -0.39 is 5.60 Å². The molecule has 8 heteroatoms. The highest BCUT2D eigenvalue weighted by Gasteiger charge is 2.48. The van der Waals surface area contributed by atoms with Gasteiger partial charge in [0.05, 0.1) is 24.9 Å². The highest BCUT2D eigenvalue weighted by atomic mass is 16.6. The van der Waals surface area contributed by atoms with Gasteiger partial charge in [0.1, 0.15) is 5.60 Å². The zero-order valence-electron chi connectivity index (χ0n) is 15.2. The lowest BCUT2D eigenvalue weighted by molar-refractivity contribution is -0.159. The quantitative estimate of drug-likeness (QED) is 0.898. The molecule has 0 aromatic carbocycles. The summed E-state index contributed by atoms with van der Waals surface area (Å²) in [6.45, 7) is 9.51. The number of hydrogen-bond donors (Lipinski definition) is 1. The van der Waals surface area contributed by atoms with Crippen molar-refractivity contribution in [2.24, 2.45) is 0 Å². The van der Waals surface area contributed by atoms with Gasteiger partial charge >= 0.3 is 6.03 Å². The van der Waals surface area contributed by atoms with Crippen molar-refractivity contribution in [3.05, 3.63) is 12.1 Å². The second-order valence-electron chi connectivity index (χ2n) is 6.99. The minimum atomic E-state index is -0.421. The van der Waals surface area contributed by atoms with Crippen molar-refractivity contribution in [1.29, 1.82) is 0 Å². The molecule has 2 fully saturated rings. The second-order valence-corrected chi connectivity index (χ2v) is 6.99. The van der Waals surface area contributed by atoms with Crippen LogP contribution < -0.4 is 10.1 Å². The SMILES string of the molecule is CC(C)Oc1ccc(NC(=O)N2CC(C)OC3(CCOC3C)C2)nn1. The van der Waals surface area contributed by atoms with E-state index in [9.17, 15) is 4.79 Å². The van der Waals surface area contributed by atoms with Gasteiger partial charge < -0.3 is 19.1 Å². The van der Waals surface area contributed by atoms with Gasteiger partial charge in [0.15, 0.2) is 5.82 Å². The first kappa shape index (κ1) is 17.9. The van der Waals surface area contributed by atoms with Crippen LogP contribution in [0, 0.1) is 0 Å². The lowest BCUT2D eigenvalue weighted by Crippen LogP contribution is -2.60. The molecular weight excluding hydrogens is 324 g/mol. The first-order valence-electron chi connectivity index (χ1n) is 8.74. The summed E-state index contributed by atoms with van der Waals surface area (Å²) >= 11 is 0. The molecular formula is C17H26N4O4. The number of anilines is 1. The van der Waals surface area contributed by atoms with Crippen LogP contribution in [0.1, 0.15) is 34.1 Å². The maximum Gasteiger partial charge on any atom is 0.323 e. The summed E-state index contributed by atoms with van der Waals surface area (Å²) in [6, 6.07) is 3.17. The minimum Gasteiger partial charge on any atom is -0.474 e. The van der Waals surface area contributed by atoms with Crippen LogP contribution in [-0.2, 0) is 9.47 Å².